The maximum atomic E-state index is 10.2. The lowest BCUT2D eigenvalue weighted by Crippen LogP contribution is -2.26. The van der Waals surface area contributed by atoms with Crippen LogP contribution in [-0.2, 0) is 12.0 Å². The summed E-state index contributed by atoms with van der Waals surface area (Å²) in [7, 11) is 0. The molecule has 1 aliphatic rings. The van der Waals surface area contributed by atoms with E-state index < -0.39 is 0 Å². The summed E-state index contributed by atoms with van der Waals surface area (Å²) in [4.78, 5) is 14.9. The fourth-order valence-corrected chi connectivity index (χ4v) is 4.90. The molecule has 0 spiro atoms. The van der Waals surface area contributed by atoms with Crippen molar-refractivity contribution < 1.29 is 9.84 Å². The monoisotopic (exact) mass is 533 g/mol. The quantitative estimate of drug-likeness (QED) is 0.287. The van der Waals surface area contributed by atoms with Crippen molar-refractivity contribution in [3.05, 3.63) is 45.1 Å². The van der Waals surface area contributed by atoms with Gasteiger partial charge in [-0.3, -0.25) is 4.57 Å². The van der Waals surface area contributed by atoms with Crippen LogP contribution in [0.25, 0.3) is 21.6 Å². The Labute approximate surface area is 191 Å². The zero-order valence-corrected chi connectivity index (χ0v) is 19.5. The topological polar surface area (TPSA) is 85.1 Å². The fraction of sp³-hybridized carbons (Fsp3) is 0.286. The van der Waals surface area contributed by atoms with Crippen molar-refractivity contribution in [2.45, 2.75) is 25.8 Å². The molecule has 1 aromatic carbocycles. The van der Waals surface area contributed by atoms with Gasteiger partial charge in [-0.15, -0.1) is 11.3 Å². The maximum Gasteiger partial charge on any atom is 0.299 e. The molecule has 30 heavy (non-hydrogen) atoms. The van der Waals surface area contributed by atoms with Gasteiger partial charge in [-0.2, -0.15) is 4.98 Å². The Kier molecular flexibility index (Phi) is 4.81. The molecular weight excluding hydrogens is 513 g/mol. The number of aromatic nitrogens is 4. The van der Waals surface area contributed by atoms with Crippen LogP contribution in [0.15, 0.2) is 35.7 Å². The number of phenols is 1. The number of benzene rings is 1. The zero-order valence-electron chi connectivity index (χ0n) is 16.5. The van der Waals surface area contributed by atoms with E-state index in [-0.39, 0.29) is 5.54 Å². The number of rotatable bonds is 5. The number of aromatic hydroxyl groups is 1. The number of halogens is 1. The number of imidazole rings is 1. The first kappa shape index (κ1) is 19.6. The molecule has 0 aliphatic carbocycles. The third kappa shape index (κ3) is 3.39. The van der Waals surface area contributed by atoms with Gasteiger partial charge in [0.1, 0.15) is 12.4 Å². The van der Waals surface area contributed by atoms with E-state index in [0.717, 1.165) is 33.6 Å². The first-order chi connectivity index (χ1) is 14.4. The number of thiophene rings is 1. The number of nitrogens with zero attached hydrogens (tertiary/aromatic N) is 4. The zero-order chi connectivity index (χ0) is 20.9. The number of ether oxygens (including phenoxy) is 1. The van der Waals surface area contributed by atoms with E-state index in [1.807, 2.05) is 34.2 Å². The van der Waals surface area contributed by atoms with E-state index in [1.54, 1.807) is 17.4 Å². The molecule has 154 valence electrons. The standard InChI is InChI=1S/C21H20IN5O2S/c1-21(2)11-29-20-24-16-17(25-19(22)26-18(16)27(20)21)23-8-7-12-5-6-14(28)13(10-12)15-4-3-9-30-15/h3-6,9-10,28H,7-8,11H2,1-2H3,(H,23,25,26). The van der Waals surface area contributed by atoms with Crippen molar-refractivity contribution in [1.29, 1.82) is 0 Å². The minimum absolute atomic E-state index is 0.191. The number of fused-ring (bicyclic) bond motifs is 3. The number of hydrogen-bond donors (Lipinski definition) is 2. The Morgan fingerprint density at radius 1 is 1.27 bits per heavy atom. The summed E-state index contributed by atoms with van der Waals surface area (Å²) in [5, 5.41) is 15.6. The van der Waals surface area contributed by atoms with Gasteiger partial charge < -0.3 is 15.2 Å². The van der Waals surface area contributed by atoms with Crippen LogP contribution in [0, 0.1) is 3.83 Å². The molecule has 0 saturated heterocycles. The molecule has 0 atom stereocenters. The number of phenolic OH excluding ortho intramolecular Hbond substituents is 1. The average molecular weight is 533 g/mol. The molecule has 0 unspecified atom stereocenters. The largest absolute Gasteiger partial charge is 0.507 e. The first-order valence-corrected chi connectivity index (χ1v) is 11.6. The molecular formula is C21H20IN5O2S. The minimum atomic E-state index is -0.191. The minimum Gasteiger partial charge on any atom is -0.507 e. The molecule has 1 aliphatic heterocycles. The van der Waals surface area contributed by atoms with Crippen LogP contribution in [0.3, 0.4) is 0 Å². The lowest BCUT2D eigenvalue weighted by Gasteiger charge is -2.18. The van der Waals surface area contributed by atoms with Gasteiger partial charge in [0.05, 0.1) is 5.54 Å². The molecule has 9 heteroatoms. The third-order valence-corrected chi connectivity index (χ3v) is 6.55. The van der Waals surface area contributed by atoms with Gasteiger partial charge in [0.25, 0.3) is 6.01 Å². The number of hydrogen-bond acceptors (Lipinski definition) is 7. The van der Waals surface area contributed by atoms with Gasteiger partial charge in [-0.05, 0) is 49.4 Å². The smallest absolute Gasteiger partial charge is 0.299 e. The second-order valence-corrected chi connectivity index (χ2v) is 9.76. The van der Waals surface area contributed by atoms with Gasteiger partial charge in [0.15, 0.2) is 20.8 Å². The first-order valence-electron chi connectivity index (χ1n) is 9.61. The van der Waals surface area contributed by atoms with Crippen LogP contribution in [0.1, 0.15) is 19.4 Å². The highest BCUT2D eigenvalue weighted by molar-refractivity contribution is 14.1. The lowest BCUT2D eigenvalue weighted by atomic mass is 10.1. The van der Waals surface area contributed by atoms with Gasteiger partial charge in [0, 0.05) is 39.6 Å². The predicted octanol–water partition coefficient (Wildman–Crippen LogP) is 4.65. The van der Waals surface area contributed by atoms with Gasteiger partial charge in [-0.25, -0.2) is 9.97 Å². The highest BCUT2D eigenvalue weighted by Gasteiger charge is 2.35. The van der Waals surface area contributed by atoms with Gasteiger partial charge in [0.2, 0.25) is 0 Å². The van der Waals surface area contributed by atoms with Crippen LogP contribution in [0.4, 0.5) is 5.82 Å². The normalized spacial score (nSPS) is 14.6. The van der Waals surface area contributed by atoms with Crippen LogP contribution in [0.5, 0.6) is 11.8 Å². The predicted molar refractivity (Wildman–Crippen MR) is 126 cm³/mol. The molecule has 0 bridgehead atoms. The van der Waals surface area contributed by atoms with Gasteiger partial charge in [-0.1, -0.05) is 12.1 Å². The molecule has 7 nitrogen and oxygen atoms in total. The summed E-state index contributed by atoms with van der Waals surface area (Å²) in [5.74, 6) is 1.01. The Balaban J connectivity index is 1.38. The summed E-state index contributed by atoms with van der Waals surface area (Å²) >= 11 is 3.75. The van der Waals surface area contributed by atoms with E-state index in [1.165, 1.54) is 0 Å². The van der Waals surface area contributed by atoms with Crippen molar-refractivity contribution in [2.24, 2.45) is 0 Å². The molecule has 0 saturated carbocycles. The highest BCUT2D eigenvalue weighted by atomic mass is 127. The molecule has 3 aromatic heterocycles. The van der Waals surface area contributed by atoms with Crippen molar-refractivity contribution in [3.63, 3.8) is 0 Å². The maximum absolute atomic E-state index is 10.2. The average Bonchev–Trinajstić information content (AvgIpc) is 3.41. The van der Waals surface area contributed by atoms with Crippen LogP contribution >= 0.6 is 33.9 Å². The fourth-order valence-electron chi connectivity index (χ4n) is 3.68. The summed E-state index contributed by atoms with van der Waals surface area (Å²) < 4.78 is 8.47. The van der Waals surface area contributed by atoms with Crippen LogP contribution in [0.2, 0.25) is 0 Å². The van der Waals surface area contributed by atoms with Crippen molar-refractivity contribution in [1.82, 2.24) is 19.5 Å². The molecule has 0 radical (unpaired) electrons. The molecule has 4 heterocycles. The van der Waals surface area contributed by atoms with Crippen molar-refractivity contribution in [3.8, 4) is 22.2 Å². The molecule has 0 fully saturated rings. The summed E-state index contributed by atoms with van der Waals surface area (Å²) in [6.07, 6.45) is 0.788. The van der Waals surface area contributed by atoms with E-state index in [2.05, 4.69) is 56.7 Å². The van der Waals surface area contributed by atoms with E-state index >= 15 is 0 Å². The lowest BCUT2D eigenvalue weighted by molar-refractivity contribution is 0.268. The Morgan fingerprint density at radius 3 is 2.93 bits per heavy atom. The second-order valence-electron chi connectivity index (χ2n) is 7.85. The molecule has 4 aromatic rings. The second kappa shape index (κ2) is 7.38. The summed E-state index contributed by atoms with van der Waals surface area (Å²) in [6.45, 7) is 5.50. The van der Waals surface area contributed by atoms with Crippen molar-refractivity contribution >= 4 is 50.9 Å². The summed E-state index contributed by atoms with van der Waals surface area (Å²) in [5.41, 5.74) is 3.33. The number of anilines is 1. The van der Waals surface area contributed by atoms with E-state index in [9.17, 15) is 5.11 Å². The van der Waals surface area contributed by atoms with Crippen molar-refractivity contribution in [2.75, 3.05) is 18.5 Å². The van der Waals surface area contributed by atoms with E-state index in [4.69, 9.17) is 4.74 Å². The Morgan fingerprint density at radius 2 is 2.13 bits per heavy atom. The van der Waals surface area contributed by atoms with Gasteiger partial charge >= 0.3 is 0 Å². The third-order valence-electron chi connectivity index (χ3n) is 5.16. The SMILES string of the molecule is CC1(C)COc2nc3c(NCCc4ccc(O)c(-c5cccs5)c4)nc(I)nc3n21. The molecule has 2 N–H and O–H groups in total. The van der Waals surface area contributed by atoms with E-state index in [0.29, 0.717) is 34.6 Å². The molecule has 5 rings (SSSR count). The van der Waals surface area contributed by atoms with Crippen LogP contribution < -0.4 is 10.1 Å². The number of nitrogens with one attached hydrogen (secondary N) is 1. The Hall–Kier alpha value is -2.40. The highest BCUT2D eigenvalue weighted by Crippen LogP contribution is 2.36. The Bertz CT molecular complexity index is 1240. The molecule has 0 amide bonds. The van der Waals surface area contributed by atoms with Crippen LogP contribution in [-0.4, -0.2) is 37.8 Å². The summed E-state index contributed by atoms with van der Waals surface area (Å²) in [6, 6.07) is 10.4.